The van der Waals surface area contributed by atoms with Gasteiger partial charge in [0.15, 0.2) is 0 Å². The van der Waals surface area contributed by atoms with Crippen molar-refractivity contribution in [2.24, 2.45) is 0 Å². The molecular weight excluding hydrogens is 121 g/mol. The van der Waals surface area contributed by atoms with Crippen LogP contribution in [-0.4, -0.2) is 16.4 Å². The second kappa shape index (κ2) is 36.3. The molecule has 0 rings (SSSR count). The molecule has 11 N–H and O–H groups in total. The first-order valence-electron chi connectivity index (χ1n) is 0.651. The van der Waals surface area contributed by atoms with Gasteiger partial charge in [-0.05, 0) is 0 Å². The van der Waals surface area contributed by atoms with Crippen LogP contribution >= 0.6 is 0 Å². The number of halogens is 1. The molecular formula is CH12FN3O3. The van der Waals surface area contributed by atoms with E-state index in [4.69, 9.17) is 15.0 Å². The summed E-state index contributed by atoms with van der Waals surface area (Å²) in [6.45, 7) is 0. The molecule has 8 heavy (non-hydrogen) atoms. The van der Waals surface area contributed by atoms with Gasteiger partial charge in [0, 0.05) is 0 Å². The minimum atomic E-state index is -1.83. The van der Waals surface area contributed by atoms with E-state index in [1.165, 1.54) is 0 Å². The summed E-state index contributed by atoms with van der Waals surface area (Å²) < 4.78 is 0. The largest absolute Gasteiger partial charge is 0.503 e. The summed E-state index contributed by atoms with van der Waals surface area (Å²) in [4.78, 5) is 8.56. The van der Waals surface area contributed by atoms with Gasteiger partial charge in [0.2, 0.25) is 0 Å². The number of carbonyl (C=O) groups is 1. The van der Waals surface area contributed by atoms with Gasteiger partial charge in [0.05, 0.1) is 0 Å². The van der Waals surface area contributed by atoms with E-state index in [-0.39, 0.29) is 23.2 Å². The maximum atomic E-state index is 8.56. The van der Waals surface area contributed by atoms with E-state index >= 15 is 0 Å². The van der Waals surface area contributed by atoms with Crippen LogP contribution in [0.3, 0.4) is 0 Å². The number of rotatable bonds is 0. The smallest absolute Gasteiger partial charge is 0.450 e. The fourth-order valence-corrected chi connectivity index (χ4v) is 0. The number of carboxylic acid groups (broad SMARTS) is 2. The molecule has 56 valence electrons. The lowest BCUT2D eigenvalue weighted by Gasteiger charge is -1.60. The van der Waals surface area contributed by atoms with Crippen LogP contribution in [0, 0.1) is 0 Å². The van der Waals surface area contributed by atoms with E-state index in [0.29, 0.717) is 0 Å². The average Bonchev–Trinajstić information content (AvgIpc) is 0.811. The molecule has 0 atom stereocenters. The van der Waals surface area contributed by atoms with Crippen LogP contribution in [-0.2, 0) is 0 Å². The zero-order valence-corrected chi connectivity index (χ0v) is 4.33. The Morgan fingerprint density at radius 1 is 1.00 bits per heavy atom. The fourth-order valence-electron chi connectivity index (χ4n) is 0. The first-order chi connectivity index (χ1) is 1.73. The highest BCUT2D eigenvalue weighted by Crippen LogP contribution is 1.42. The molecule has 0 saturated heterocycles. The first kappa shape index (κ1) is 60.5. The molecule has 0 aromatic carbocycles. The lowest BCUT2D eigenvalue weighted by molar-refractivity contribution is 0.137. The van der Waals surface area contributed by atoms with Gasteiger partial charge in [-0.2, -0.15) is 0 Å². The summed E-state index contributed by atoms with van der Waals surface area (Å²) in [5.74, 6) is 0. The molecule has 0 aliphatic heterocycles. The summed E-state index contributed by atoms with van der Waals surface area (Å²) in [6.07, 6.45) is -1.83. The summed E-state index contributed by atoms with van der Waals surface area (Å²) >= 11 is 0. The lowest BCUT2D eigenvalue weighted by Crippen LogP contribution is -1.81. The van der Waals surface area contributed by atoms with E-state index in [9.17, 15) is 0 Å². The Morgan fingerprint density at radius 3 is 1.00 bits per heavy atom. The van der Waals surface area contributed by atoms with Crippen molar-refractivity contribution in [3.63, 3.8) is 0 Å². The molecule has 0 aliphatic rings. The van der Waals surface area contributed by atoms with Crippen LogP contribution in [0.2, 0.25) is 0 Å². The number of hydrogen-bond acceptors (Lipinski definition) is 4. The molecule has 0 amide bonds. The molecule has 6 nitrogen and oxygen atoms in total. The predicted octanol–water partition coefficient (Wildman–Crippen LogP) is 0.861. The molecule has 0 aromatic heterocycles. The first-order valence-corrected chi connectivity index (χ1v) is 0.651. The van der Waals surface area contributed by atoms with Crippen LogP contribution in [0.1, 0.15) is 0 Å². The van der Waals surface area contributed by atoms with E-state index < -0.39 is 6.16 Å². The fraction of sp³-hybridized carbons (Fsp3) is 0. The van der Waals surface area contributed by atoms with E-state index in [2.05, 4.69) is 0 Å². The van der Waals surface area contributed by atoms with Gasteiger partial charge in [-0.3, -0.25) is 4.70 Å². The monoisotopic (exact) mass is 133 g/mol. The highest BCUT2D eigenvalue weighted by Gasteiger charge is 1.70. The third kappa shape index (κ3) is 99.9. The van der Waals surface area contributed by atoms with Crippen molar-refractivity contribution < 1.29 is 19.7 Å². The van der Waals surface area contributed by atoms with Crippen molar-refractivity contribution in [1.82, 2.24) is 18.5 Å². The molecule has 0 aromatic rings. The Hall–Kier alpha value is -0.920. The highest BCUT2D eigenvalue weighted by atomic mass is 19.0. The summed E-state index contributed by atoms with van der Waals surface area (Å²) in [5.41, 5.74) is 0. The quantitative estimate of drug-likeness (QED) is 0.329. The van der Waals surface area contributed by atoms with Crippen molar-refractivity contribution in [2.45, 2.75) is 0 Å². The van der Waals surface area contributed by atoms with Crippen LogP contribution in [0.25, 0.3) is 0 Å². The normalized spacial score (nSPS) is 3.00. The van der Waals surface area contributed by atoms with Crippen molar-refractivity contribution in [2.75, 3.05) is 0 Å². The summed E-state index contributed by atoms with van der Waals surface area (Å²) in [7, 11) is 0. The molecule has 7 heteroatoms. The van der Waals surface area contributed by atoms with Gasteiger partial charge in [-0.25, -0.2) is 4.79 Å². The molecule has 0 spiro atoms. The minimum Gasteiger partial charge on any atom is -0.450 e. The molecule has 0 saturated carbocycles. The molecule has 0 bridgehead atoms. The SMILES string of the molecule is F.N.N.N.O=C(O)O. The zero-order valence-electron chi connectivity index (χ0n) is 4.33. The standard InChI is InChI=1S/CH2O3.FH.3H3N/c2-1(3)4;;;;/h(H2,2,3,4);1H;3*1H3. The van der Waals surface area contributed by atoms with Gasteiger partial charge in [0.1, 0.15) is 0 Å². The Labute approximate surface area is 45.6 Å². The summed E-state index contributed by atoms with van der Waals surface area (Å²) in [6, 6.07) is 0. The third-order valence-electron chi connectivity index (χ3n) is 0. The molecule has 0 fully saturated rings. The van der Waals surface area contributed by atoms with Crippen LogP contribution in [0.15, 0.2) is 0 Å². The zero-order chi connectivity index (χ0) is 3.58. The molecule has 0 radical (unpaired) electrons. The second-order valence-corrected chi connectivity index (χ2v) is 0.283. The van der Waals surface area contributed by atoms with Gasteiger partial charge in [-0.1, -0.05) is 0 Å². The number of hydrogen-bond donors (Lipinski definition) is 5. The van der Waals surface area contributed by atoms with Crippen molar-refractivity contribution >= 4 is 6.16 Å². The van der Waals surface area contributed by atoms with Crippen molar-refractivity contribution in [3.05, 3.63) is 0 Å². The summed E-state index contributed by atoms with van der Waals surface area (Å²) in [5, 5.41) is 13.9. The van der Waals surface area contributed by atoms with E-state index in [1.54, 1.807) is 0 Å². The topological polar surface area (TPSA) is 163 Å². The van der Waals surface area contributed by atoms with Gasteiger partial charge >= 0.3 is 6.16 Å². The van der Waals surface area contributed by atoms with Gasteiger partial charge in [0.25, 0.3) is 0 Å². The van der Waals surface area contributed by atoms with E-state index in [1.807, 2.05) is 0 Å². The lowest BCUT2D eigenvalue weighted by atomic mass is 11.5. The maximum absolute atomic E-state index is 8.56. The second-order valence-electron chi connectivity index (χ2n) is 0.283. The Morgan fingerprint density at radius 2 is 1.00 bits per heavy atom. The van der Waals surface area contributed by atoms with Crippen molar-refractivity contribution in [3.8, 4) is 0 Å². The Kier molecular flexibility index (Phi) is 274. The Bertz CT molecular complexity index is 37.5. The van der Waals surface area contributed by atoms with E-state index in [0.717, 1.165) is 0 Å². The van der Waals surface area contributed by atoms with Gasteiger partial charge < -0.3 is 28.7 Å². The van der Waals surface area contributed by atoms with Gasteiger partial charge in [-0.15, -0.1) is 0 Å². The highest BCUT2D eigenvalue weighted by molar-refractivity contribution is 5.53. The van der Waals surface area contributed by atoms with Crippen LogP contribution in [0.4, 0.5) is 9.50 Å². The van der Waals surface area contributed by atoms with Crippen LogP contribution in [0.5, 0.6) is 0 Å². The molecule has 0 aliphatic carbocycles. The van der Waals surface area contributed by atoms with Crippen LogP contribution < -0.4 is 18.5 Å². The minimum absolute atomic E-state index is 0. The Balaban J connectivity index is -0.00000000750. The molecule has 0 heterocycles. The average molecular weight is 133 g/mol. The molecule has 0 unspecified atom stereocenters. The maximum Gasteiger partial charge on any atom is 0.503 e. The third-order valence-corrected chi connectivity index (χ3v) is 0. The van der Waals surface area contributed by atoms with Crippen molar-refractivity contribution in [1.29, 1.82) is 0 Å². The predicted molar refractivity (Wildman–Crippen MR) is 28.2 cm³/mol.